The van der Waals surface area contributed by atoms with Gasteiger partial charge in [-0.25, -0.2) is 0 Å². The first kappa shape index (κ1) is 28.4. The second-order valence-electron chi connectivity index (χ2n) is 14.4. The zero-order chi connectivity index (χ0) is 32.7. The molecule has 2 aliphatic rings. The van der Waals surface area contributed by atoms with E-state index in [0.29, 0.717) is 0 Å². The smallest absolute Gasteiger partial charge is 0.0570 e. The zero-order valence-electron chi connectivity index (χ0n) is 28.0. The zero-order valence-corrected chi connectivity index (χ0v) is 28.0. The van der Waals surface area contributed by atoms with Crippen molar-refractivity contribution in [2.45, 2.75) is 32.1 Å². The highest BCUT2D eigenvalue weighted by molar-refractivity contribution is 6.22. The van der Waals surface area contributed by atoms with E-state index in [2.05, 4.69) is 170 Å². The topological polar surface area (TPSA) is 3.24 Å². The first-order valence-electron chi connectivity index (χ1n) is 17.6. The van der Waals surface area contributed by atoms with E-state index < -0.39 is 0 Å². The summed E-state index contributed by atoms with van der Waals surface area (Å²) in [4.78, 5) is 2.60. The summed E-state index contributed by atoms with van der Waals surface area (Å²) in [5.41, 5.74) is 14.6. The number of nitrogens with zero attached hydrogens (tertiary/aromatic N) is 1. The van der Waals surface area contributed by atoms with Crippen molar-refractivity contribution in [3.8, 4) is 33.4 Å². The summed E-state index contributed by atoms with van der Waals surface area (Å²) < 4.78 is 0. The molecule has 10 rings (SSSR count). The maximum absolute atomic E-state index is 2.60. The summed E-state index contributed by atoms with van der Waals surface area (Å²) in [6, 6.07) is 57.0. The number of rotatable bonds is 3. The van der Waals surface area contributed by atoms with Gasteiger partial charge in [-0.1, -0.05) is 141 Å². The fraction of sp³-hybridized carbons (Fsp3) is 0.125. The van der Waals surface area contributed by atoms with E-state index in [1.165, 1.54) is 93.8 Å². The van der Waals surface area contributed by atoms with Gasteiger partial charge in [0.2, 0.25) is 0 Å². The van der Waals surface area contributed by atoms with Crippen molar-refractivity contribution in [1.29, 1.82) is 0 Å². The van der Waals surface area contributed by atoms with E-state index in [1.807, 2.05) is 0 Å². The lowest BCUT2D eigenvalue weighted by Crippen LogP contribution is -2.25. The third-order valence-electron chi connectivity index (χ3n) is 11.3. The van der Waals surface area contributed by atoms with Crippen LogP contribution in [0.4, 0.5) is 11.4 Å². The molecule has 1 nitrogen and oxygen atoms in total. The van der Waals surface area contributed by atoms with Crippen LogP contribution in [0.3, 0.4) is 0 Å². The van der Waals surface area contributed by atoms with Gasteiger partial charge in [0.25, 0.3) is 0 Å². The molecule has 0 aromatic heterocycles. The average molecular weight is 628 g/mol. The van der Waals surface area contributed by atoms with Gasteiger partial charge in [-0.05, 0) is 109 Å². The fourth-order valence-electron chi connectivity index (χ4n) is 8.93. The van der Waals surface area contributed by atoms with Gasteiger partial charge >= 0.3 is 0 Å². The van der Waals surface area contributed by atoms with Crippen LogP contribution in [0.5, 0.6) is 0 Å². The average Bonchev–Trinajstić information content (AvgIpc) is 3.38. The highest BCUT2D eigenvalue weighted by atomic mass is 15.1. The molecular weight excluding hydrogens is 591 g/mol. The minimum Gasteiger partial charge on any atom is -0.340 e. The van der Waals surface area contributed by atoms with Crippen molar-refractivity contribution >= 4 is 43.7 Å². The van der Waals surface area contributed by atoms with Crippen LogP contribution < -0.4 is 4.90 Å². The molecule has 49 heavy (non-hydrogen) atoms. The molecule has 1 aliphatic carbocycles. The van der Waals surface area contributed by atoms with Gasteiger partial charge < -0.3 is 4.90 Å². The van der Waals surface area contributed by atoms with Crippen LogP contribution in [0, 0.1) is 0 Å². The second kappa shape index (κ2) is 10.7. The van der Waals surface area contributed by atoms with Gasteiger partial charge in [-0.15, -0.1) is 0 Å². The highest BCUT2D eigenvalue weighted by Gasteiger charge is 2.35. The van der Waals surface area contributed by atoms with Crippen molar-refractivity contribution in [3.63, 3.8) is 0 Å². The summed E-state index contributed by atoms with van der Waals surface area (Å²) in [7, 11) is 0. The summed E-state index contributed by atoms with van der Waals surface area (Å²) >= 11 is 0. The normalized spacial score (nSPS) is 14.6. The minimum atomic E-state index is -0.0682. The minimum absolute atomic E-state index is 0.0682. The van der Waals surface area contributed by atoms with Crippen LogP contribution in [-0.4, -0.2) is 6.54 Å². The first-order chi connectivity index (χ1) is 24.1. The highest BCUT2D eigenvalue weighted by Crippen LogP contribution is 2.52. The van der Waals surface area contributed by atoms with Crippen molar-refractivity contribution < 1.29 is 0 Å². The van der Waals surface area contributed by atoms with Crippen LogP contribution in [0.1, 0.15) is 37.0 Å². The lowest BCUT2D eigenvalue weighted by Gasteiger charge is -2.34. The monoisotopic (exact) mass is 627 g/mol. The van der Waals surface area contributed by atoms with E-state index in [1.54, 1.807) is 0 Å². The molecule has 0 amide bonds. The SMILES string of the molecule is CC1(C)c2ccccc2-c2ccc(-c3c4ccccc4c(N4CCCc5ccccc54)c4ccc(-c5ccc6ccccc6c5)cc34)cc21. The Kier molecular flexibility index (Phi) is 6.18. The van der Waals surface area contributed by atoms with Crippen molar-refractivity contribution in [3.05, 3.63) is 168 Å². The number of fused-ring (bicyclic) bond motifs is 7. The van der Waals surface area contributed by atoms with Gasteiger partial charge in [0.05, 0.1) is 5.69 Å². The standard InChI is InChI=1S/C48H37N/c1-48(2)43-19-9-8-16-37(43)38-25-24-36(30-44(38)48)46-39-17-6-7-18-40(39)47(49-27-11-15-32-13-5-10-20-45(32)49)41-26-23-35(29-42(41)46)34-22-21-31-12-3-4-14-33(31)28-34/h3-10,12-14,16-26,28-30H,11,15,27H2,1-2H3. The Morgan fingerprint density at radius 1 is 0.490 bits per heavy atom. The molecular formula is C48H37N. The molecule has 0 spiro atoms. The quantitative estimate of drug-likeness (QED) is 0.176. The van der Waals surface area contributed by atoms with Crippen LogP contribution in [0.15, 0.2) is 152 Å². The summed E-state index contributed by atoms with van der Waals surface area (Å²) in [5, 5.41) is 7.75. The number of para-hydroxylation sites is 1. The molecule has 0 saturated heterocycles. The molecule has 1 aliphatic heterocycles. The molecule has 0 saturated carbocycles. The van der Waals surface area contributed by atoms with E-state index in [0.717, 1.165) is 19.4 Å². The van der Waals surface area contributed by atoms with E-state index in [9.17, 15) is 0 Å². The van der Waals surface area contributed by atoms with Crippen molar-refractivity contribution in [2.75, 3.05) is 11.4 Å². The molecule has 8 aromatic carbocycles. The molecule has 8 aromatic rings. The summed E-state index contributed by atoms with van der Waals surface area (Å²) in [5.74, 6) is 0. The molecule has 0 N–H and O–H groups in total. The van der Waals surface area contributed by atoms with Crippen LogP contribution in [0.25, 0.3) is 65.7 Å². The summed E-state index contributed by atoms with van der Waals surface area (Å²) in [6.45, 7) is 5.77. The molecule has 1 heteroatoms. The Labute approximate surface area is 288 Å². The fourth-order valence-corrected chi connectivity index (χ4v) is 8.93. The third kappa shape index (κ3) is 4.25. The van der Waals surface area contributed by atoms with Gasteiger partial charge in [0, 0.05) is 28.4 Å². The van der Waals surface area contributed by atoms with Crippen molar-refractivity contribution in [2.24, 2.45) is 0 Å². The van der Waals surface area contributed by atoms with Gasteiger partial charge in [-0.2, -0.15) is 0 Å². The second-order valence-corrected chi connectivity index (χ2v) is 14.4. The molecule has 0 fully saturated rings. The largest absolute Gasteiger partial charge is 0.340 e. The third-order valence-corrected chi connectivity index (χ3v) is 11.3. The lowest BCUT2D eigenvalue weighted by atomic mass is 9.80. The maximum Gasteiger partial charge on any atom is 0.0570 e. The van der Waals surface area contributed by atoms with Crippen molar-refractivity contribution in [1.82, 2.24) is 0 Å². The number of benzene rings is 8. The number of anilines is 2. The number of aryl methyl sites for hydroxylation is 1. The summed E-state index contributed by atoms with van der Waals surface area (Å²) in [6.07, 6.45) is 2.27. The Hall–Kier alpha value is -5.66. The predicted molar refractivity (Wildman–Crippen MR) is 209 cm³/mol. The van der Waals surface area contributed by atoms with Crippen LogP contribution in [0.2, 0.25) is 0 Å². The Balaban J connectivity index is 1.28. The van der Waals surface area contributed by atoms with Crippen LogP contribution in [-0.2, 0) is 11.8 Å². The van der Waals surface area contributed by atoms with E-state index >= 15 is 0 Å². The van der Waals surface area contributed by atoms with Crippen LogP contribution >= 0.6 is 0 Å². The number of hydrogen-bond donors (Lipinski definition) is 0. The molecule has 0 bridgehead atoms. The van der Waals surface area contributed by atoms with E-state index in [4.69, 9.17) is 0 Å². The molecule has 234 valence electrons. The molecule has 0 atom stereocenters. The first-order valence-corrected chi connectivity index (χ1v) is 17.6. The Morgan fingerprint density at radius 2 is 1.16 bits per heavy atom. The number of hydrogen-bond acceptors (Lipinski definition) is 1. The Bertz CT molecular complexity index is 2620. The van der Waals surface area contributed by atoms with Gasteiger partial charge in [-0.3, -0.25) is 0 Å². The lowest BCUT2D eigenvalue weighted by molar-refractivity contribution is 0.660. The Morgan fingerprint density at radius 3 is 2.08 bits per heavy atom. The molecule has 1 heterocycles. The van der Waals surface area contributed by atoms with Gasteiger partial charge in [0.1, 0.15) is 0 Å². The predicted octanol–water partition coefficient (Wildman–Crippen LogP) is 12.9. The van der Waals surface area contributed by atoms with E-state index in [-0.39, 0.29) is 5.41 Å². The molecule has 0 radical (unpaired) electrons. The molecule has 0 unspecified atom stereocenters. The maximum atomic E-state index is 2.60. The van der Waals surface area contributed by atoms with Gasteiger partial charge in [0.15, 0.2) is 0 Å².